The summed E-state index contributed by atoms with van der Waals surface area (Å²) in [5.41, 5.74) is 4.10. The van der Waals surface area contributed by atoms with Crippen LogP contribution < -0.4 is 5.32 Å². The number of esters is 1. The molecule has 3 aromatic rings. The molecule has 0 fully saturated rings. The van der Waals surface area contributed by atoms with E-state index in [0.717, 1.165) is 22.4 Å². The molecule has 0 radical (unpaired) electrons. The number of nitrogens with one attached hydrogen (secondary N) is 1. The van der Waals surface area contributed by atoms with E-state index in [2.05, 4.69) is 11.4 Å². The first-order chi connectivity index (χ1) is 14.3. The highest BCUT2D eigenvalue weighted by molar-refractivity contribution is 5.96. The first kappa shape index (κ1) is 20.9. The van der Waals surface area contributed by atoms with Crippen LogP contribution in [0.15, 0.2) is 41.0 Å². The molecule has 1 N–H and O–H groups in total. The molecular weight excluding hydrogens is 382 g/mol. The number of furan rings is 1. The van der Waals surface area contributed by atoms with Crippen LogP contribution in [0, 0.1) is 39.0 Å². The van der Waals surface area contributed by atoms with Gasteiger partial charge in [-0.25, -0.2) is 4.79 Å². The number of nitrogens with zero attached hydrogens (tertiary/aromatic N) is 2. The predicted octanol–water partition coefficient (Wildman–Crippen LogP) is 4.03. The minimum Gasteiger partial charge on any atom is -0.467 e. The molecule has 0 saturated heterocycles. The first-order valence-corrected chi connectivity index (χ1v) is 9.48. The van der Waals surface area contributed by atoms with Crippen LogP contribution >= 0.6 is 0 Å². The highest BCUT2D eigenvalue weighted by atomic mass is 16.5. The summed E-state index contributed by atoms with van der Waals surface area (Å²) in [6.45, 7) is 7.28. The van der Waals surface area contributed by atoms with Crippen LogP contribution in [0.5, 0.6) is 0 Å². The molecule has 1 amide bonds. The Bertz CT molecular complexity index is 1130. The first-order valence-electron chi connectivity index (χ1n) is 9.48. The second kappa shape index (κ2) is 8.70. The van der Waals surface area contributed by atoms with Crippen molar-refractivity contribution in [3.8, 4) is 6.07 Å². The van der Waals surface area contributed by atoms with Crippen molar-refractivity contribution in [2.24, 2.45) is 0 Å². The maximum Gasteiger partial charge on any atom is 0.338 e. The SMILES string of the molecule is Cc1ccc(C)c(C(=O)OCC(=O)Nc2c(C#N)c(C)c(C)n2Cc2ccco2)c1. The van der Waals surface area contributed by atoms with E-state index in [1.165, 1.54) is 0 Å². The van der Waals surface area contributed by atoms with Crippen molar-refractivity contribution in [2.45, 2.75) is 34.2 Å². The van der Waals surface area contributed by atoms with Crippen molar-refractivity contribution in [1.82, 2.24) is 4.57 Å². The summed E-state index contributed by atoms with van der Waals surface area (Å²) in [6, 6.07) is 11.2. The number of benzene rings is 1. The number of anilines is 1. The lowest BCUT2D eigenvalue weighted by Gasteiger charge is -2.12. The molecule has 0 unspecified atom stereocenters. The number of aromatic nitrogens is 1. The van der Waals surface area contributed by atoms with Crippen LogP contribution in [0.3, 0.4) is 0 Å². The molecule has 154 valence electrons. The van der Waals surface area contributed by atoms with Gasteiger partial charge in [0.1, 0.15) is 17.6 Å². The highest BCUT2D eigenvalue weighted by Crippen LogP contribution is 2.27. The summed E-state index contributed by atoms with van der Waals surface area (Å²) in [5, 5.41) is 12.3. The zero-order valence-corrected chi connectivity index (χ0v) is 17.4. The van der Waals surface area contributed by atoms with Crippen LogP contribution in [0.2, 0.25) is 0 Å². The number of carbonyl (C=O) groups excluding carboxylic acids is 2. The molecule has 0 saturated carbocycles. The third-order valence-corrected chi connectivity index (χ3v) is 5.04. The number of hydrogen-bond donors (Lipinski definition) is 1. The van der Waals surface area contributed by atoms with Gasteiger partial charge in [0, 0.05) is 5.69 Å². The van der Waals surface area contributed by atoms with Crippen molar-refractivity contribution in [3.05, 3.63) is 75.9 Å². The minimum atomic E-state index is -0.565. The van der Waals surface area contributed by atoms with Crippen molar-refractivity contribution >= 4 is 17.7 Å². The van der Waals surface area contributed by atoms with Crippen LogP contribution in [0.4, 0.5) is 5.82 Å². The Morgan fingerprint density at radius 1 is 1.20 bits per heavy atom. The molecule has 0 atom stereocenters. The van der Waals surface area contributed by atoms with Gasteiger partial charge in [0.25, 0.3) is 5.91 Å². The van der Waals surface area contributed by atoms with Gasteiger partial charge in [0.15, 0.2) is 6.61 Å². The van der Waals surface area contributed by atoms with Gasteiger partial charge in [-0.15, -0.1) is 0 Å². The Morgan fingerprint density at radius 3 is 2.63 bits per heavy atom. The van der Waals surface area contributed by atoms with Gasteiger partial charge in [-0.05, 0) is 57.0 Å². The lowest BCUT2D eigenvalue weighted by molar-refractivity contribution is -0.119. The van der Waals surface area contributed by atoms with E-state index in [0.29, 0.717) is 29.2 Å². The summed E-state index contributed by atoms with van der Waals surface area (Å²) in [5.74, 6) is -0.0420. The quantitative estimate of drug-likeness (QED) is 0.625. The van der Waals surface area contributed by atoms with Crippen LogP contribution in [-0.4, -0.2) is 23.1 Å². The normalized spacial score (nSPS) is 10.5. The van der Waals surface area contributed by atoms with E-state index in [1.54, 1.807) is 23.0 Å². The van der Waals surface area contributed by atoms with E-state index in [-0.39, 0.29) is 0 Å². The van der Waals surface area contributed by atoms with Gasteiger partial charge in [-0.2, -0.15) is 5.26 Å². The Hall–Kier alpha value is -3.79. The minimum absolute atomic E-state index is 0.358. The van der Waals surface area contributed by atoms with Gasteiger partial charge >= 0.3 is 5.97 Å². The van der Waals surface area contributed by atoms with Crippen molar-refractivity contribution in [3.63, 3.8) is 0 Å². The molecule has 0 aliphatic rings. The Balaban J connectivity index is 1.76. The number of hydrogen-bond acceptors (Lipinski definition) is 5. The average molecular weight is 405 g/mol. The Morgan fingerprint density at radius 2 is 1.97 bits per heavy atom. The average Bonchev–Trinajstić information content (AvgIpc) is 3.31. The number of nitriles is 1. The molecule has 1 aromatic carbocycles. The highest BCUT2D eigenvalue weighted by Gasteiger charge is 2.21. The van der Waals surface area contributed by atoms with Gasteiger partial charge in [0.2, 0.25) is 0 Å². The van der Waals surface area contributed by atoms with Crippen molar-refractivity contribution in [2.75, 3.05) is 11.9 Å². The fraction of sp³-hybridized carbons (Fsp3) is 0.261. The van der Waals surface area contributed by atoms with Gasteiger partial charge < -0.3 is 19.0 Å². The van der Waals surface area contributed by atoms with E-state index < -0.39 is 18.5 Å². The largest absolute Gasteiger partial charge is 0.467 e. The zero-order valence-electron chi connectivity index (χ0n) is 17.4. The molecule has 0 aliphatic carbocycles. The third-order valence-electron chi connectivity index (χ3n) is 5.04. The molecule has 3 rings (SSSR count). The van der Waals surface area contributed by atoms with Crippen molar-refractivity contribution in [1.29, 1.82) is 5.26 Å². The second-order valence-corrected chi connectivity index (χ2v) is 7.15. The fourth-order valence-corrected chi connectivity index (χ4v) is 3.22. The molecule has 7 heteroatoms. The number of carbonyl (C=O) groups is 2. The van der Waals surface area contributed by atoms with E-state index in [4.69, 9.17) is 9.15 Å². The van der Waals surface area contributed by atoms with Crippen LogP contribution in [0.1, 0.15) is 44.1 Å². The molecule has 30 heavy (non-hydrogen) atoms. The fourth-order valence-electron chi connectivity index (χ4n) is 3.22. The lowest BCUT2D eigenvalue weighted by Crippen LogP contribution is -2.23. The maximum absolute atomic E-state index is 12.5. The molecular formula is C23H23N3O4. The molecule has 0 spiro atoms. The lowest BCUT2D eigenvalue weighted by atomic mass is 10.1. The molecule has 2 aromatic heterocycles. The molecule has 0 aliphatic heterocycles. The van der Waals surface area contributed by atoms with Gasteiger partial charge in [-0.3, -0.25) is 4.79 Å². The monoisotopic (exact) mass is 405 g/mol. The summed E-state index contributed by atoms with van der Waals surface area (Å²) in [6.07, 6.45) is 1.57. The Labute approximate surface area is 174 Å². The Kier molecular flexibility index (Phi) is 6.07. The summed E-state index contributed by atoms with van der Waals surface area (Å²) >= 11 is 0. The topological polar surface area (TPSA) is 97.3 Å². The van der Waals surface area contributed by atoms with E-state index in [9.17, 15) is 14.9 Å². The molecule has 7 nitrogen and oxygen atoms in total. The van der Waals surface area contributed by atoms with Crippen LogP contribution in [-0.2, 0) is 16.1 Å². The number of rotatable bonds is 6. The summed E-state index contributed by atoms with van der Waals surface area (Å²) < 4.78 is 12.4. The van der Waals surface area contributed by atoms with Crippen molar-refractivity contribution < 1.29 is 18.7 Å². The maximum atomic E-state index is 12.5. The van der Waals surface area contributed by atoms with E-state index in [1.807, 2.05) is 45.9 Å². The number of ether oxygens (including phenoxy) is 1. The standard InChI is InChI=1S/C23H23N3O4/c1-14-7-8-15(2)19(10-14)23(28)30-13-21(27)25-22-20(11-24)16(3)17(4)26(22)12-18-6-5-9-29-18/h5-10H,12-13H2,1-4H3,(H,25,27). The molecule has 0 bridgehead atoms. The molecule has 2 heterocycles. The summed E-state index contributed by atoms with van der Waals surface area (Å²) in [7, 11) is 0. The van der Waals surface area contributed by atoms with E-state index >= 15 is 0 Å². The number of amides is 1. The van der Waals surface area contributed by atoms with Crippen LogP contribution in [0.25, 0.3) is 0 Å². The predicted molar refractivity (Wildman–Crippen MR) is 111 cm³/mol. The third kappa shape index (κ3) is 4.28. The van der Waals surface area contributed by atoms with Gasteiger partial charge in [-0.1, -0.05) is 17.7 Å². The second-order valence-electron chi connectivity index (χ2n) is 7.15. The van der Waals surface area contributed by atoms with Gasteiger partial charge in [0.05, 0.1) is 23.9 Å². The zero-order chi connectivity index (χ0) is 21.8. The number of aryl methyl sites for hydroxylation is 2. The summed E-state index contributed by atoms with van der Waals surface area (Å²) in [4.78, 5) is 24.9. The smallest absolute Gasteiger partial charge is 0.338 e.